The van der Waals surface area contributed by atoms with Crippen LogP contribution < -0.4 is 10.9 Å². The Morgan fingerprint density at radius 1 is 1.20 bits per heavy atom. The Balaban J connectivity index is 1.60. The fourth-order valence-electron chi connectivity index (χ4n) is 2.97. The molecule has 0 aliphatic carbocycles. The van der Waals surface area contributed by atoms with Gasteiger partial charge in [-0.2, -0.15) is 0 Å². The normalized spacial score (nSPS) is 12.2. The van der Waals surface area contributed by atoms with Gasteiger partial charge in [0.2, 0.25) is 5.91 Å². The van der Waals surface area contributed by atoms with E-state index in [0.717, 1.165) is 21.0 Å². The number of nitrogens with zero attached hydrogens (tertiary/aromatic N) is 2. The fraction of sp³-hybridized carbons (Fsp3) is 0.190. The van der Waals surface area contributed by atoms with E-state index in [9.17, 15) is 9.59 Å². The number of rotatable bonds is 6. The molecule has 1 atom stereocenters. The number of hydrogen-bond donors (Lipinski definition) is 1. The molecule has 3 heterocycles. The zero-order valence-corrected chi connectivity index (χ0v) is 19.8. The topological polar surface area (TPSA) is 64.0 Å². The number of anilines is 1. The Hall–Kier alpha value is -2.07. The first kappa shape index (κ1) is 21.2. The van der Waals surface area contributed by atoms with Gasteiger partial charge in [0.15, 0.2) is 5.16 Å². The monoisotopic (exact) mass is 473 g/mol. The summed E-state index contributed by atoms with van der Waals surface area (Å²) in [6.07, 6.45) is 1.98. The van der Waals surface area contributed by atoms with E-state index in [1.807, 2.05) is 60.3 Å². The summed E-state index contributed by atoms with van der Waals surface area (Å²) in [5.41, 5.74) is 1.63. The number of carbonyl (C=O) groups excluding carboxylic acids is 1. The summed E-state index contributed by atoms with van der Waals surface area (Å²) in [5.74, 6) is -0.124. The van der Waals surface area contributed by atoms with Crippen LogP contribution in [0.25, 0.3) is 20.7 Å². The molecule has 0 saturated heterocycles. The SMILES string of the molecule is CSc1ccccc1NC(=O)C(C)Sc1nc2scc(-c3cccs3)c2c(=O)n1C. The molecule has 3 aromatic heterocycles. The van der Waals surface area contributed by atoms with E-state index >= 15 is 0 Å². The van der Waals surface area contributed by atoms with Gasteiger partial charge in [-0.25, -0.2) is 4.98 Å². The molecule has 0 aliphatic heterocycles. The van der Waals surface area contributed by atoms with Crippen molar-refractivity contribution in [2.24, 2.45) is 7.05 Å². The standard InChI is InChI=1S/C21H19N3O2S4/c1-12(18(25)22-14-7-4-5-8-16(14)27-3)30-21-23-19-17(20(26)24(21)2)13(11-29-19)15-9-6-10-28-15/h4-12H,1-3H3,(H,22,25). The number of hydrogen-bond acceptors (Lipinski definition) is 7. The molecule has 9 heteroatoms. The maximum Gasteiger partial charge on any atom is 0.263 e. The number of benzene rings is 1. The molecular weight excluding hydrogens is 455 g/mol. The highest BCUT2D eigenvalue weighted by atomic mass is 32.2. The van der Waals surface area contributed by atoms with E-state index in [0.29, 0.717) is 15.4 Å². The van der Waals surface area contributed by atoms with Gasteiger partial charge in [-0.1, -0.05) is 30.0 Å². The molecule has 4 aromatic rings. The van der Waals surface area contributed by atoms with Crippen LogP contribution in [0.4, 0.5) is 5.69 Å². The zero-order valence-electron chi connectivity index (χ0n) is 16.5. The predicted molar refractivity (Wildman–Crippen MR) is 130 cm³/mol. The number of nitrogens with one attached hydrogen (secondary N) is 1. The summed E-state index contributed by atoms with van der Waals surface area (Å²) in [6.45, 7) is 1.82. The minimum atomic E-state index is -0.410. The first-order valence-electron chi connectivity index (χ1n) is 9.12. The fourth-order valence-corrected chi connectivity index (χ4v) is 6.20. The second-order valence-electron chi connectivity index (χ2n) is 6.51. The Bertz CT molecular complexity index is 1260. The van der Waals surface area contributed by atoms with Crippen LogP contribution in [-0.4, -0.2) is 27.0 Å². The van der Waals surface area contributed by atoms with Crippen LogP contribution in [0.5, 0.6) is 0 Å². The van der Waals surface area contributed by atoms with Crippen molar-refractivity contribution >= 4 is 68.0 Å². The van der Waals surface area contributed by atoms with Crippen molar-refractivity contribution in [2.45, 2.75) is 22.2 Å². The maximum absolute atomic E-state index is 13.1. The largest absolute Gasteiger partial charge is 0.324 e. The zero-order chi connectivity index (χ0) is 21.3. The molecule has 0 fully saturated rings. The van der Waals surface area contributed by atoms with Crippen LogP contribution in [0.3, 0.4) is 0 Å². The van der Waals surface area contributed by atoms with Gasteiger partial charge in [0.1, 0.15) is 4.83 Å². The van der Waals surface area contributed by atoms with Gasteiger partial charge in [-0.15, -0.1) is 34.4 Å². The van der Waals surface area contributed by atoms with E-state index in [-0.39, 0.29) is 11.5 Å². The van der Waals surface area contributed by atoms with Crippen molar-refractivity contribution in [3.8, 4) is 10.4 Å². The van der Waals surface area contributed by atoms with E-state index in [4.69, 9.17) is 4.98 Å². The lowest BCUT2D eigenvalue weighted by molar-refractivity contribution is -0.115. The third kappa shape index (κ3) is 4.07. The highest BCUT2D eigenvalue weighted by Gasteiger charge is 2.21. The number of carbonyl (C=O) groups is 1. The average Bonchev–Trinajstić information content (AvgIpc) is 3.41. The van der Waals surface area contributed by atoms with Gasteiger partial charge < -0.3 is 5.32 Å². The van der Waals surface area contributed by atoms with Crippen molar-refractivity contribution in [1.82, 2.24) is 9.55 Å². The molecule has 1 aromatic carbocycles. The maximum atomic E-state index is 13.1. The lowest BCUT2D eigenvalue weighted by atomic mass is 10.2. The van der Waals surface area contributed by atoms with Crippen LogP contribution in [0.2, 0.25) is 0 Å². The molecule has 30 heavy (non-hydrogen) atoms. The predicted octanol–water partition coefficient (Wildman–Crippen LogP) is 5.56. The Kier molecular flexibility index (Phi) is 6.33. The summed E-state index contributed by atoms with van der Waals surface area (Å²) >= 11 is 5.93. The van der Waals surface area contributed by atoms with Crippen molar-refractivity contribution < 1.29 is 4.79 Å². The van der Waals surface area contributed by atoms with Crippen LogP contribution in [0, 0.1) is 0 Å². The van der Waals surface area contributed by atoms with E-state index in [1.54, 1.807) is 30.1 Å². The van der Waals surface area contributed by atoms with E-state index < -0.39 is 5.25 Å². The molecule has 0 aliphatic rings. The van der Waals surface area contributed by atoms with Crippen molar-refractivity contribution in [3.63, 3.8) is 0 Å². The molecule has 4 rings (SSSR count). The van der Waals surface area contributed by atoms with Gasteiger partial charge in [-0.3, -0.25) is 14.2 Å². The van der Waals surface area contributed by atoms with Crippen LogP contribution in [0.1, 0.15) is 6.92 Å². The quantitative estimate of drug-likeness (QED) is 0.293. The molecule has 1 amide bonds. The number of thiophene rings is 2. The second kappa shape index (κ2) is 8.97. The van der Waals surface area contributed by atoms with Gasteiger partial charge in [0, 0.05) is 27.8 Å². The molecule has 0 saturated carbocycles. The lowest BCUT2D eigenvalue weighted by Gasteiger charge is -2.15. The third-order valence-corrected chi connectivity index (χ3v) is 8.29. The molecule has 0 spiro atoms. The molecule has 0 radical (unpaired) electrons. The summed E-state index contributed by atoms with van der Waals surface area (Å²) in [5, 5.41) is 7.73. The minimum absolute atomic E-state index is 0.0903. The van der Waals surface area contributed by atoms with Gasteiger partial charge in [0.05, 0.1) is 16.3 Å². The molecule has 0 bridgehead atoms. The minimum Gasteiger partial charge on any atom is -0.324 e. The summed E-state index contributed by atoms with van der Waals surface area (Å²) in [7, 11) is 1.71. The molecular formula is C21H19N3O2S4. The molecule has 1 N–H and O–H groups in total. The number of para-hydroxylation sites is 1. The number of fused-ring (bicyclic) bond motifs is 1. The van der Waals surface area contributed by atoms with Crippen LogP contribution in [0.15, 0.2) is 62.0 Å². The molecule has 1 unspecified atom stereocenters. The third-order valence-electron chi connectivity index (χ3n) is 4.58. The number of amides is 1. The van der Waals surface area contributed by atoms with E-state index in [1.165, 1.54) is 27.7 Å². The van der Waals surface area contributed by atoms with Gasteiger partial charge in [0.25, 0.3) is 5.56 Å². The highest BCUT2D eigenvalue weighted by molar-refractivity contribution is 8.00. The second-order valence-corrected chi connectivity index (χ2v) is 10.5. The Labute approximate surface area is 190 Å². The summed E-state index contributed by atoms with van der Waals surface area (Å²) in [6, 6.07) is 11.7. The van der Waals surface area contributed by atoms with Crippen molar-refractivity contribution in [1.29, 1.82) is 0 Å². The molecule has 5 nitrogen and oxygen atoms in total. The number of aromatic nitrogens is 2. The Morgan fingerprint density at radius 2 is 2.00 bits per heavy atom. The van der Waals surface area contributed by atoms with E-state index in [2.05, 4.69) is 5.32 Å². The smallest absolute Gasteiger partial charge is 0.263 e. The van der Waals surface area contributed by atoms with Gasteiger partial charge in [-0.05, 0) is 36.8 Å². The van der Waals surface area contributed by atoms with Crippen molar-refractivity contribution in [2.75, 3.05) is 11.6 Å². The first-order chi connectivity index (χ1) is 14.5. The van der Waals surface area contributed by atoms with Crippen LogP contribution in [-0.2, 0) is 11.8 Å². The first-order valence-corrected chi connectivity index (χ1v) is 13.0. The highest BCUT2D eigenvalue weighted by Crippen LogP contribution is 2.35. The van der Waals surface area contributed by atoms with Gasteiger partial charge >= 0.3 is 0 Å². The lowest BCUT2D eigenvalue weighted by Crippen LogP contribution is -2.25. The van der Waals surface area contributed by atoms with Crippen LogP contribution >= 0.6 is 46.2 Å². The number of thioether (sulfide) groups is 2. The Morgan fingerprint density at radius 3 is 2.73 bits per heavy atom. The average molecular weight is 474 g/mol. The van der Waals surface area contributed by atoms with Crippen molar-refractivity contribution in [3.05, 3.63) is 57.5 Å². The molecule has 154 valence electrons. The summed E-state index contributed by atoms with van der Waals surface area (Å²) in [4.78, 5) is 33.3. The summed E-state index contributed by atoms with van der Waals surface area (Å²) < 4.78 is 1.54.